The van der Waals surface area contributed by atoms with Crippen LogP contribution in [0.15, 0.2) is 18.3 Å². The van der Waals surface area contributed by atoms with Crippen molar-refractivity contribution in [2.24, 2.45) is 7.05 Å². The Kier molecular flexibility index (Phi) is 7.94. The Morgan fingerprint density at radius 3 is 2.44 bits per heavy atom. The minimum Gasteiger partial charge on any atom is -0.383 e. The highest BCUT2D eigenvalue weighted by atomic mass is 16.5. The average Bonchev–Trinajstić information content (AvgIpc) is 2.86. The maximum Gasteiger partial charge on any atom is 0.309 e. The number of nitrogens with zero attached hydrogens (tertiary/aromatic N) is 2. The number of amides is 2. The molecule has 2 rings (SSSR count). The van der Waals surface area contributed by atoms with Crippen LogP contribution in [-0.4, -0.2) is 61.2 Å². The molecule has 2 N–H and O–H groups in total. The summed E-state index contributed by atoms with van der Waals surface area (Å²) in [6.45, 7) is 3.18. The second-order valence-electron chi connectivity index (χ2n) is 6.47. The van der Waals surface area contributed by atoms with Gasteiger partial charge in [0.15, 0.2) is 0 Å². The first-order chi connectivity index (χ1) is 12.1. The van der Waals surface area contributed by atoms with Crippen LogP contribution in [0.3, 0.4) is 0 Å². The number of carbonyl (C=O) groups excluding carboxylic acids is 2. The molecule has 1 aromatic heterocycles. The SMILES string of the molecule is COCCNC(=O)C(=O)NCC(c1cccn1C)N1CCCCCC1. The second-order valence-corrected chi connectivity index (χ2v) is 6.47. The van der Waals surface area contributed by atoms with Crippen molar-refractivity contribution in [3.8, 4) is 0 Å². The van der Waals surface area contributed by atoms with Gasteiger partial charge in [-0.15, -0.1) is 0 Å². The van der Waals surface area contributed by atoms with Crippen molar-refractivity contribution >= 4 is 11.8 Å². The van der Waals surface area contributed by atoms with Crippen molar-refractivity contribution in [3.05, 3.63) is 24.0 Å². The van der Waals surface area contributed by atoms with E-state index >= 15 is 0 Å². The number of nitrogens with one attached hydrogen (secondary N) is 2. The highest BCUT2D eigenvalue weighted by molar-refractivity contribution is 6.35. The molecular formula is C18H30N4O3. The topological polar surface area (TPSA) is 75.6 Å². The normalized spacial score (nSPS) is 16.9. The summed E-state index contributed by atoms with van der Waals surface area (Å²) in [5.41, 5.74) is 1.15. The molecule has 1 saturated heterocycles. The van der Waals surface area contributed by atoms with E-state index in [1.807, 2.05) is 19.3 Å². The zero-order valence-corrected chi connectivity index (χ0v) is 15.3. The molecule has 7 nitrogen and oxygen atoms in total. The van der Waals surface area contributed by atoms with E-state index in [0.29, 0.717) is 19.7 Å². The van der Waals surface area contributed by atoms with Crippen LogP contribution in [0.5, 0.6) is 0 Å². The van der Waals surface area contributed by atoms with Crippen molar-refractivity contribution in [1.29, 1.82) is 0 Å². The zero-order valence-electron chi connectivity index (χ0n) is 15.3. The number of hydrogen-bond acceptors (Lipinski definition) is 4. The molecule has 1 aromatic rings. The summed E-state index contributed by atoms with van der Waals surface area (Å²) in [6.07, 6.45) is 6.87. The van der Waals surface area contributed by atoms with Crippen molar-refractivity contribution in [3.63, 3.8) is 0 Å². The summed E-state index contributed by atoms with van der Waals surface area (Å²) in [4.78, 5) is 26.3. The molecule has 0 saturated carbocycles. The lowest BCUT2D eigenvalue weighted by Gasteiger charge is -2.31. The third kappa shape index (κ3) is 5.86. The first-order valence-corrected chi connectivity index (χ1v) is 9.03. The number of carbonyl (C=O) groups is 2. The molecule has 25 heavy (non-hydrogen) atoms. The van der Waals surface area contributed by atoms with Crippen LogP contribution in [0.25, 0.3) is 0 Å². The Bertz CT molecular complexity index is 550. The smallest absolute Gasteiger partial charge is 0.309 e. The van der Waals surface area contributed by atoms with Gasteiger partial charge in [0, 0.05) is 39.1 Å². The van der Waals surface area contributed by atoms with Gasteiger partial charge in [0.25, 0.3) is 0 Å². The Balaban J connectivity index is 1.97. The van der Waals surface area contributed by atoms with Crippen molar-refractivity contribution in [2.75, 3.05) is 39.9 Å². The fourth-order valence-corrected chi connectivity index (χ4v) is 3.26. The van der Waals surface area contributed by atoms with Crippen LogP contribution >= 0.6 is 0 Å². The number of likely N-dealkylation sites (tertiary alicyclic amines) is 1. The number of ether oxygens (including phenoxy) is 1. The lowest BCUT2D eigenvalue weighted by Crippen LogP contribution is -2.45. The molecule has 140 valence electrons. The molecular weight excluding hydrogens is 320 g/mol. The lowest BCUT2D eigenvalue weighted by molar-refractivity contribution is -0.139. The summed E-state index contributed by atoms with van der Waals surface area (Å²) < 4.78 is 6.95. The van der Waals surface area contributed by atoms with Gasteiger partial charge < -0.3 is 19.9 Å². The minimum atomic E-state index is -0.612. The van der Waals surface area contributed by atoms with E-state index in [1.54, 1.807) is 7.11 Å². The van der Waals surface area contributed by atoms with E-state index in [9.17, 15) is 9.59 Å². The molecule has 1 atom stereocenters. The quantitative estimate of drug-likeness (QED) is 0.564. The van der Waals surface area contributed by atoms with Gasteiger partial charge in [-0.3, -0.25) is 14.5 Å². The first kappa shape index (κ1) is 19.5. The maximum absolute atomic E-state index is 12.1. The molecule has 0 bridgehead atoms. The third-order valence-corrected chi connectivity index (χ3v) is 4.66. The minimum absolute atomic E-state index is 0.0776. The Hall–Kier alpha value is -1.86. The predicted molar refractivity (Wildman–Crippen MR) is 96.1 cm³/mol. The van der Waals surface area contributed by atoms with Gasteiger partial charge in [-0.2, -0.15) is 0 Å². The first-order valence-electron chi connectivity index (χ1n) is 9.03. The van der Waals surface area contributed by atoms with E-state index in [2.05, 4.69) is 26.2 Å². The molecule has 7 heteroatoms. The molecule has 2 amide bonds. The van der Waals surface area contributed by atoms with Gasteiger partial charge in [0.1, 0.15) is 0 Å². The average molecular weight is 350 g/mol. The van der Waals surface area contributed by atoms with Crippen LogP contribution in [0, 0.1) is 0 Å². The van der Waals surface area contributed by atoms with Gasteiger partial charge in [-0.25, -0.2) is 0 Å². The van der Waals surface area contributed by atoms with Crippen LogP contribution in [-0.2, 0) is 21.4 Å². The van der Waals surface area contributed by atoms with Gasteiger partial charge in [0.2, 0.25) is 0 Å². The number of aromatic nitrogens is 1. The predicted octanol–water partition coefficient (Wildman–Crippen LogP) is 0.821. The zero-order chi connectivity index (χ0) is 18.1. The summed E-state index contributed by atoms with van der Waals surface area (Å²) in [5, 5.41) is 5.34. The van der Waals surface area contributed by atoms with Crippen LogP contribution in [0.2, 0.25) is 0 Å². The van der Waals surface area contributed by atoms with E-state index in [4.69, 9.17) is 4.74 Å². The molecule has 2 heterocycles. The van der Waals surface area contributed by atoms with Gasteiger partial charge >= 0.3 is 11.8 Å². The number of hydrogen-bond donors (Lipinski definition) is 2. The third-order valence-electron chi connectivity index (χ3n) is 4.66. The standard InChI is InChI=1S/C18H30N4O3/c1-21-10-7-8-15(21)16(22-11-5-3-4-6-12-22)14-20-18(24)17(23)19-9-13-25-2/h7-8,10,16H,3-6,9,11-14H2,1-2H3,(H,19,23)(H,20,24). The van der Waals surface area contributed by atoms with Crippen molar-refractivity contribution in [2.45, 2.75) is 31.7 Å². The van der Waals surface area contributed by atoms with Crippen LogP contribution < -0.4 is 10.6 Å². The molecule has 0 spiro atoms. The highest BCUT2D eigenvalue weighted by Crippen LogP contribution is 2.23. The second kappa shape index (κ2) is 10.2. The molecule has 1 unspecified atom stereocenters. The van der Waals surface area contributed by atoms with E-state index in [1.165, 1.54) is 25.7 Å². The summed E-state index contributed by atoms with van der Waals surface area (Å²) >= 11 is 0. The Morgan fingerprint density at radius 2 is 1.84 bits per heavy atom. The van der Waals surface area contributed by atoms with Crippen molar-refractivity contribution in [1.82, 2.24) is 20.1 Å². The number of aryl methyl sites for hydroxylation is 1. The van der Waals surface area contributed by atoms with E-state index in [-0.39, 0.29) is 6.04 Å². The molecule has 1 aliphatic rings. The largest absolute Gasteiger partial charge is 0.383 e. The van der Waals surface area contributed by atoms with Crippen LogP contribution in [0.4, 0.5) is 0 Å². The van der Waals surface area contributed by atoms with Crippen LogP contribution in [0.1, 0.15) is 37.4 Å². The molecule has 0 aromatic carbocycles. The van der Waals surface area contributed by atoms with E-state index < -0.39 is 11.8 Å². The molecule has 1 fully saturated rings. The summed E-state index contributed by atoms with van der Waals surface area (Å²) in [5.74, 6) is -1.20. The van der Waals surface area contributed by atoms with E-state index in [0.717, 1.165) is 18.8 Å². The molecule has 0 aliphatic carbocycles. The number of rotatable bonds is 7. The van der Waals surface area contributed by atoms with Gasteiger partial charge in [-0.1, -0.05) is 12.8 Å². The Labute approximate surface area is 149 Å². The van der Waals surface area contributed by atoms with Gasteiger partial charge in [0.05, 0.1) is 12.6 Å². The van der Waals surface area contributed by atoms with Crippen molar-refractivity contribution < 1.29 is 14.3 Å². The monoisotopic (exact) mass is 350 g/mol. The number of methoxy groups -OCH3 is 1. The maximum atomic E-state index is 12.1. The van der Waals surface area contributed by atoms with Gasteiger partial charge in [-0.05, 0) is 38.1 Å². The molecule has 0 radical (unpaired) electrons. The lowest BCUT2D eigenvalue weighted by atomic mass is 10.1. The highest BCUT2D eigenvalue weighted by Gasteiger charge is 2.25. The fraction of sp³-hybridized carbons (Fsp3) is 0.667. The summed E-state index contributed by atoms with van der Waals surface area (Å²) in [6, 6.07) is 4.17. The Morgan fingerprint density at radius 1 is 1.16 bits per heavy atom. The summed E-state index contributed by atoms with van der Waals surface area (Å²) in [7, 11) is 3.57. The molecule has 1 aliphatic heterocycles. The fourth-order valence-electron chi connectivity index (χ4n) is 3.26.